The van der Waals surface area contributed by atoms with Gasteiger partial charge >= 0.3 is 0 Å². The first kappa shape index (κ1) is 27.1. The van der Waals surface area contributed by atoms with Crippen molar-refractivity contribution in [2.24, 2.45) is 11.8 Å². The van der Waals surface area contributed by atoms with Gasteiger partial charge in [0.05, 0.1) is 18.1 Å². The predicted octanol–water partition coefficient (Wildman–Crippen LogP) is 3.04. The molecule has 3 rings (SSSR count). The molecule has 0 aliphatic heterocycles. The van der Waals surface area contributed by atoms with Gasteiger partial charge in [0.15, 0.2) is 12.0 Å². The van der Waals surface area contributed by atoms with Crippen molar-refractivity contribution in [3.63, 3.8) is 0 Å². The summed E-state index contributed by atoms with van der Waals surface area (Å²) in [6, 6.07) is 4.89. The second-order valence-electron chi connectivity index (χ2n) is 9.52. The highest BCUT2D eigenvalue weighted by molar-refractivity contribution is 5.89. The smallest absolute Gasteiger partial charge is 0.255 e. The molecule has 0 bridgehead atoms. The normalized spacial score (nSPS) is 13.2. The van der Waals surface area contributed by atoms with Crippen molar-refractivity contribution in [1.29, 1.82) is 0 Å². The van der Waals surface area contributed by atoms with E-state index in [1.165, 1.54) is 0 Å². The number of unbranched alkanes of at least 4 members (excludes halogenated alkanes) is 1. The fraction of sp³-hybridized carbons (Fsp3) is 0.560. The summed E-state index contributed by atoms with van der Waals surface area (Å²) in [4.78, 5) is 29.4. The van der Waals surface area contributed by atoms with Gasteiger partial charge < -0.3 is 20.7 Å². The Bertz CT molecular complexity index is 1210. The molecule has 11 heteroatoms. The fourth-order valence-corrected chi connectivity index (χ4v) is 3.85. The minimum Gasteiger partial charge on any atom is -0.497 e. The van der Waals surface area contributed by atoms with Gasteiger partial charge in [-0.2, -0.15) is 0 Å². The Kier molecular flexibility index (Phi) is 9.00. The van der Waals surface area contributed by atoms with Crippen molar-refractivity contribution < 1.29 is 18.7 Å². The van der Waals surface area contributed by atoms with Gasteiger partial charge in [0.2, 0.25) is 11.6 Å². The standard InChI is InChI=1S/C25H36FN7O3/c1-14(2)20(26)24(34)30-21(15(3)4)25(35)28-12-8-7-11-27-22-23-32-31-16(5)33(23)19-10-9-17(36-6)13-18(19)29-22/h9-10,13-15,20-21H,7-8,11-12H2,1-6H3,(H,27,29)(H,28,35)(H,30,34)/t20-,21?/m0/s1. The van der Waals surface area contributed by atoms with E-state index < -0.39 is 24.0 Å². The van der Waals surface area contributed by atoms with Crippen molar-refractivity contribution >= 4 is 34.3 Å². The number of halogens is 1. The van der Waals surface area contributed by atoms with Crippen LogP contribution >= 0.6 is 0 Å². The van der Waals surface area contributed by atoms with Crippen LogP contribution in [0.5, 0.6) is 5.75 Å². The van der Waals surface area contributed by atoms with Crippen LogP contribution in [0.4, 0.5) is 10.2 Å². The number of alkyl halides is 1. The third kappa shape index (κ3) is 6.19. The van der Waals surface area contributed by atoms with Crippen LogP contribution in [0.1, 0.15) is 46.4 Å². The maximum atomic E-state index is 14.0. The summed E-state index contributed by atoms with van der Waals surface area (Å²) in [7, 11) is 1.61. The Morgan fingerprint density at radius 2 is 1.78 bits per heavy atom. The third-order valence-electron chi connectivity index (χ3n) is 5.97. The lowest BCUT2D eigenvalue weighted by molar-refractivity contribution is -0.133. The highest BCUT2D eigenvalue weighted by atomic mass is 19.1. The van der Waals surface area contributed by atoms with E-state index in [9.17, 15) is 14.0 Å². The van der Waals surface area contributed by atoms with Gasteiger partial charge in [0, 0.05) is 19.2 Å². The van der Waals surface area contributed by atoms with Crippen molar-refractivity contribution in [1.82, 2.24) is 30.2 Å². The van der Waals surface area contributed by atoms with Crippen LogP contribution < -0.4 is 20.7 Å². The molecule has 1 unspecified atom stereocenters. The molecular formula is C25H36FN7O3. The monoisotopic (exact) mass is 501 g/mol. The molecule has 2 amide bonds. The summed E-state index contributed by atoms with van der Waals surface area (Å²) < 4.78 is 21.3. The number of benzene rings is 1. The Balaban J connectivity index is 1.54. The number of anilines is 1. The molecule has 0 fully saturated rings. The van der Waals surface area contributed by atoms with Crippen LogP contribution in [-0.2, 0) is 9.59 Å². The number of fused-ring (bicyclic) bond motifs is 3. The van der Waals surface area contributed by atoms with Gasteiger partial charge in [-0.25, -0.2) is 9.37 Å². The SMILES string of the molecule is COc1ccc2c(c1)nc(NCCCCNC(=O)C(NC(=O)[C@@H](F)C(C)C)C(C)C)c1nnc(C)n12. The lowest BCUT2D eigenvalue weighted by Crippen LogP contribution is -2.52. The molecule has 3 aromatic rings. The first-order valence-electron chi connectivity index (χ1n) is 12.3. The predicted molar refractivity (Wildman–Crippen MR) is 137 cm³/mol. The summed E-state index contributed by atoms with van der Waals surface area (Å²) in [6.07, 6.45) is -0.176. The highest BCUT2D eigenvalue weighted by Gasteiger charge is 2.29. The maximum absolute atomic E-state index is 14.0. The van der Waals surface area contributed by atoms with Crippen LogP contribution in [0.2, 0.25) is 0 Å². The minimum atomic E-state index is -1.64. The molecule has 10 nitrogen and oxygen atoms in total. The minimum absolute atomic E-state index is 0.165. The van der Waals surface area contributed by atoms with Crippen LogP contribution in [0, 0.1) is 18.8 Å². The number of carbonyl (C=O) groups excluding carboxylic acids is 2. The quantitative estimate of drug-likeness (QED) is 0.326. The first-order valence-corrected chi connectivity index (χ1v) is 12.3. The molecule has 2 heterocycles. The van der Waals surface area contributed by atoms with Crippen molar-refractivity contribution in [3.8, 4) is 5.75 Å². The number of aromatic nitrogens is 4. The molecule has 0 aliphatic carbocycles. The largest absolute Gasteiger partial charge is 0.497 e. The topological polar surface area (TPSA) is 123 Å². The molecule has 0 aliphatic rings. The Hall–Kier alpha value is -3.50. The number of amides is 2. The molecule has 0 saturated heterocycles. The molecule has 196 valence electrons. The molecule has 36 heavy (non-hydrogen) atoms. The van der Waals surface area contributed by atoms with Crippen molar-refractivity contribution in [2.75, 3.05) is 25.5 Å². The lowest BCUT2D eigenvalue weighted by Gasteiger charge is -2.23. The van der Waals surface area contributed by atoms with E-state index in [-0.39, 0.29) is 11.8 Å². The molecule has 0 saturated carbocycles. The first-order chi connectivity index (χ1) is 17.1. The van der Waals surface area contributed by atoms with E-state index in [0.29, 0.717) is 36.7 Å². The van der Waals surface area contributed by atoms with Crippen LogP contribution in [0.15, 0.2) is 18.2 Å². The number of methoxy groups -OCH3 is 1. The number of nitrogens with zero attached hydrogens (tertiary/aromatic N) is 4. The van der Waals surface area contributed by atoms with Gasteiger partial charge in [-0.1, -0.05) is 27.7 Å². The van der Waals surface area contributed by atoms with E-state index >= 15 is 0 Å². The molecule has 2 atom stereocenters. The second-order valence-corrected chi connectivity index (χ2v) is 9.52. The summed E-state index contributed by atoms with van der Waals surface area (Å²) in [5.74, 6) is 0.411. The third-order valence-corrected chi connectivity index (χ3v) is 5.97. The van der Waals surface area contributed by atoms with Gasteiger partial charge in [0.25, 0.3) is 5.91 Å². The van der Waals surface area contributed by atoms with Gasteiger partial charge in [-0.15, -0.1) is 10.2 Å². The summed E-state index contributed by atoms with van der Waals surface area (Å²) in [5.41, 5.74) is 2.29. The van der Waals surface area contributed by atoms with Crippen molar-refractivity contribution in [3.05, 3.63) is 24.0 Å². The average Bonchev–Trinajstić information content (AvgIpc) is 3.24. The zero-order valence-electron chi connectivity index (χ0n) is 21.8. The zero-order valence-corrected chi connectivity index (χ0v) is 21.8. The summed E-state index contributed by atoms with van der Waals surface area (Å²) >= 11 is 0. The Morgan fingerprint density at radius 1 is 1.06 bits per heavy atom. The van der Waals surface area contributed by atoms with E-state index in [2.05, 4.69) is 26.1 Å². The zero-order chi connectivity index (χ0) is 26.4. The van der Waals surface area contributed by atoms with E-state index in [1.54, 1.807) is 21.0 Å². The molecule has 0 spiro atoms. The van der Waals surface area contributed by atoms with E-state index in [0.717, 1.165) is 23.3 Å². The fourth-order valence-electron chi connectivity index (χ4n) is 3.85. The molecule has 3 N–H and O–H groups in total. The van der Waals surface area contributed by atoms with E-state index in [1.807, 2.05) is 43.4 Å². The van der Waals surface area contributed by atoms with Gasteiger partial charge in [-0.3, -0.25) is 14.0 Å². The second kappa shape index (κ2) is 12.0. The number of hydrogen-bond acceptors (Lipinski definition) is 7. The number of nitrogens with one attached hydrogen (secondary N) is 3. The van der Waals surface area contributed by atoms with Gasteiger partial charge in [-0.05, 0) is 43.7 Å². The highest BCUT2D eigenvalue weighted by Crippen LogP contribution is 2.25. The molecule has 1 aromatic carbocycles. The van der Waals surface area contributed by atoms with Gasteiger partial charge in [0.1, 0.15) is 17.6 Å². The van der Waals surface area contributed by atoms with Crippen molar-refractivity contribution in [2.45, 2.75) is 59.7 Å². The molecule has 2 aromatic heterocycles. The number of hydrogen-bond donors (Lipinski definition) is 3. The number of ether oxygens (including phenoxy) is 1. The van der Waals surface area contributed by atoms with E-state index in [4.69, 9.17) is 9.72 Å². The summed E-state index contributed by atoms with van der Waals surface area (Å²) in [6.45, 7) is 9.82. The molecular weight excluding hydrogens is 465 g/mol. The molecule has 0 radical (unpaired) electrons. The average molecular weight is 502 g/mol. The maximum Gasteiger partial charge on any atom is 0.255 e. The number of aryl methyl sites for hydroxylation is 1. The number of carbonyl (C=O) groups is 2. The summed E-state index contributed by atoms with van der Waals surface area (Å²) in [5, 5.41) is 17.2. The number of rotatable bonds is 12. The Labute approximate surface area is 210 Å². The Morgan fingerprint density at radius 3 is 2.44 bits per heavy atom. The lowest BCUT2D eigenvalue weighted by atomic mass is 10.0. The van der Waals surface area contributed by atoms with Crippen LogP contribution in [0.25, 0.3) is 16.7 Å². The van der Waals surface area contributed by atoms with Crippen LogP contribution in [0.3, 0.4) is 0 Å². The van der Waals surface area contributed by atoms with Crippen LogP contribution in [-0.4, -0.2) is 63.8 Å².